The van der Waals surface area contributed by atoms with E-state index < -0.39 is 0 Å². The van der Waals surface area contributed by atoms with Gasteiger partial charge < -0.3 is 0 Å². The lowest BCUT2D eigenvalue weighted by Gasteiger charge is -2.12. The molecule has 0 unspecified atom stereocenters. The molecule has 176 valence electrons. The van der Waals surface area contributed by atoms with Crippen LogP contribution in [0, 0.1) is 0 Å². The highest BCUT2D eigenvalue weighted by Gasteiger charge is 2.16. The second-order valence-corrected chi connectivity index (χ2v) is 9.11. The molecule has 5 aromatic carbocycles. The van der Waals surface area contributed by atoms with Crippen LogP contribution in [-0.2, 0) is 0 Å². The third-order valence-electron chi connectivity index (χ3n) is 6.22. The largest absolute Gasteiger partial charge is 0.208 e. The Morgan fingerprint density at radius 2 is 0.865 bits per heavy atom. The first-order valence-corrected chi connectivity index (χ1v) is 12.5. The van der Waals surface area contributed by atoms with Crippen molar-refractivity contribution in [2.45, 2.75) is 0 Å². The van der Waals surface area contributed by atoms with Gasteiger partial charge in [0.15, 0.2) is 17.5 Å². The van der Waals surface area contributed by atoms with Crippen molar-refractivity contribution in [3.05, 3.63) is 138 Å². The first-order chi connectivity index (χ1) is 18.2. The highest BCUT2D eigenvalue weighted by atomic mass is 35.5. The summed E-state index contributed by atoms with van der Waals surface area (Å²) >= 11 is 6.16. The monoisotopic (exact) mass is 495 g/mol. The van der Waals surface area contributed by atoms with Crippen LogP contribution in [0.15, 0.2) is 133 Å². The van der Waals surface area contributed by atoms with E-state index in [1.54, 1.807) is 0 Å². The molecule has 0 aliphatic rings. The molecule has 6 rings (SSSR count). The van der Waals surface area contributed by atoms with Crippen molar-refractivity contribution in [3.63, 3.8) is 0 Å². The molecule has 0 amide bonds. The van der Waals surface area contributed by atoms with Gasteiger partial charge in [-0.25, -0.2) is 15.0 Å². The number of aromatic nitrogens is 3. The van der Waals surface area contributed by atoms with E-state index in [-0.39, 0.29) is 0 Å². The van der Waals surface area contributed by atoms with Crippen molar-refractivity contribution in [2.24, 2.45) is 0 Å². The van der Waals surface area contributed by atoms with Crippen LogP contribution in [-0.4, -0.2) is 15.0 Å². The second kappa shape index (κ2) is 10.2. The van der Waals surface area contributed by atoms with Crippen molar-refractivity contribution in [1.82, 2.24) is 15.0 Å². The molecule has 0 aliphatic carbocycles. The van der Waals surface area contributed by atoms with Crippen molar-refractivity contribution in [2.75, 3.05) is 0 Å². The number of hydrogen-bond donors (Lipinski definition) is 0. The molecule has 0 radical (unpaired) electrons. The van der Waals surface area contributed by atoms with Crippen LogP contribution < -0.4 is 0 Å². The second-order valence-electron chi connectivity index (χ2n) is 8.67. The summed E-state index contributed by atoms with van der Waals surface area (Å²) < 4.78 is 0. The Kier molecular flexibility index (Phi) is 6.28. The van der Waals surface area contributed by atoms with Crippen molar-refractivity contribution in [3.8, 4) is 56.4 Å². The number of rotatable bonds is 5. The predicted molar refractivity (Wildman–Crippen MR) is 152 cm³/mol. The molecular weight excluding hydrogens is 474 g/mol. The van der Waals surface area contributed by atoms with Crippen LogP contribution in [0.4, 0.5) is 0 Å². The van der Waals surface area contributed by atoms with Gasteiger partial charge in [-0.05, 0) is 52.6 Å². The van der Waals surface area contributed by atoms with Gasteiger partial charge in [0.25, 0.3) is 0 Å². The molecule has 4 heteroatoms. The van der Waals surface area contributed by atoms with E-state index in [1.807, 2.05) is 84.9 Å². The Bertz CT molecular complexity index is 1660. The van der Waals surface area contributed by atoms with E-state index in [9.17, 15) is 0 Å². The molecule has 0 saturated heterocycles. The standard InChI is InChI=1S/C33H22ClN3/c34-28-20-18-25(19-21-28)31-35-32(27-15-9-14-26(22-27)23-10-3-1-4-11-23)37-33(36-31)30-17-8-7-16-29(30)24-12-5-2-6-13-24/h1-22H. The third kappa shape index (κ3) is 4.90. The fourth-order valence-corrected chi connectivity index (χ4v) is 4.50. The zero-order valence-corrected chi connectivity index (χ0v) is 20.7. The van der Waals surface area contributed by atoms with Gasteiger partial charge in [0.1, 0.15) is 0 Å². The first kappa shape index (κ1) is 22.8. The first-order valence-electron chi connectivity index (χ1n) is 12.1. The fourth-order valence-electron chi connectivity index (χ4n) is 4.37. The van der Waals surface area contributed by atoms with Gasteiger partial charge in [0.05, 0.1) is 0 Å². The zero-order valence-electron chi connectivity index (χ0n) is 19.9. The van der Waals surface area contributed by atoms with Gasteiger partial charge in [0.2, 0.25) is 0 Å². The number of hydrogen-bond acceptors (Lipinski definition) is 3. The van der Waals surface area contributed by atoms with Gasteiger partial charge in [-0.3, -0.25) is 0 Å². The Hall–Kier alpha value is -4.60. The van der Waals surface area contributed by atoms with Crippen LogP contribution in [0.1, 0.15) is 0 Å². The van der Waals surface area contributed by atoms with Crippen molar-refractivity contribution in [1.29, 1.82) is 0 Å². The van der Waals surface area contributed by atoms with E-state index in [0.717, 1.165) is 38.9 Å². The lowest BCUT2D eigenvalue weighted by molar-refractivity contribution is 1.07. The smallest absolute Gasteiger partial charge is 0.164 e. The van der Waals surface area contributed by atoms with Crippen LogP contribution in [0.25, 0.3) is 56.4 Å². The summed E-state index contributed by atoms with van der Waals surface area (Å²) in [5.41, 5.74) is 7.19. The van der Waals surface area contributed by atoms with Gasteiger partial charge in [0, 0.05) is 21.7 Å². The molecule has 0 atom stereocenters. The summed E-state index contributed by atoms with van der Waals surface area (Å²) in [4.78, 5) is 14.8. The highest BCUT2D eigenvalue weighted by molar-refractivity contribution is 6.30. The average molecular weight is 496 g/mol. The van der Waals surface area contributed by atoms with Crippen LogP contribution >= 0.6 is 11.6 Å². The third-order valence-corrected chi connectivity index (χ3v) is 6.47. The van der Waals surface area contributed by atoms with Gasteiger partial charge in [-0.2, -0.15) is 0 Å². The minimum atomic E-state index is 0.602. The maximum absolute atomic E-state index is 6.16. The lowest BCUT2D eigenvalue weighted by atomic mass is 9.99. The van der Waals surface area contributed by atoms with Crippen LogP contribution in [0.2, 0.25) is 5.02 Å². The predicted octanol–water partition coefficient (Wildman–Crippen LogP) is 8.86. The molecule has 3 nitrogen and oxygen atoms in total. The molecular formula is C33H22ClN3. The maximum Gasteiger partial charge on any atom is 0.164 e. The molecule has 0 N–H and O–H groups in total. The molecule has 1 aromatic heterocycles. The lowest BCUT2D eigenvalue weighted by Crippen LogP contribution is -2.01. The maximum atomic E-state index is 6.16. The SMILES string of the molecule is Clc1ccc(-c2nc(-c3cccc(-c4ccccc4)c3)nc(-c3ccccc3-c3ccccc3)n2)cc1. The zero-order chi connectivity index (χ0) is 25.0. The normalized spacial score (nSPS) is 10.8. The summed E-state index contributed by atoms with van der Waals surface area (Å²) in [5, 5.41) is 0.670. The van der Waals surface area contributed by atoms with Crippen molar-refractivity contribution >= 4 is 11.6 Å². The van der Waals surface area contributed by atoms with E-state index in [4.69, 9.17) is 26.6 Å². The Morgan fingerprint density at radius 1 is 0.351 bits per heavy atom. The topological polar surface area (TPSA) is 38.7 Å². The molecule has 0 saturated carbocycles. The van der Waals surface area contributed by atoms with Crippen molar-refractivity contribution < 1.29 is 0 Å². The molecule has 0 fully saturated rings. The van der Waals surface area contributed by atoms with E-state index in [2.05, 4.69) is 48.5 Å². The van der Waals surface area contributed by atoms with Gasteiger partial charge >= 0.3 is 0 Å². The Balaban J connectivity index is 1.54. The van der Waals surface area contributed by atoms with E-state index >= 15 is 0 Å². The van der Waals surface area contributed by atoms with Crippen LogP contribution in [0.3, 0.4) is 0 Å². The van der Waals surface area contributed by atoms with E-state index in [0.29, 0.717) is 22.5 Å². The van der Waals surface area contributed by atoms with Gasteiger partial charge in [-0.1, -0.05) is 115 Å². The molecule has 37 heavy (non-hydrogen) atoms. The Morgan fingerprint density at radius 3 is 1.57 bits per heavy atom. The van der Waals surface area contributed by atoms with E-state index in [1.165, 1.54) is 0 Å². The molecule has 6 aromatic rings. The summed E-state index contributed by atoms with van der Waals surface area (Å²) in [6, 6.07) is 44.7. The number of nitrogens with zero attached hydrogens (tertiary/aromatic N) is 3. The highest BCUT2D eigenvalue weighted by Crippen LogP contribution is 2.33. The molecule has 1 heterocycles. The summed E-state index contributed by atoms with van der Waals surface area (Å²) in [5.74, 6) is 1.85. The Labute approximate surface area is 221 Å². The summed E-state index contributed by atoms with van der Waals surface area (Å²) in [6.45, 7) is 0. The quantitative estimate of drug-likeness (QED) is 0.240. The molecule has 0 bridgehead atoms. The summed E-state index contributed by atoms with van der Waals surface area (Å²) in [7, 11) is 0. The van der Waals surface area contributed by atoms with Crippen LogP contribution in [0.5, 0.6) is 0 Å². The minimum absolute atomic E-state index is 0.602. The molecule has 0 spiro atoms. The van der Waals surface area contributed by atoms with Gasteiger partial charge in [-0.15, -0.1) is 0 Å². The number of halogens is 1. The average Bonchev–Trinajstić information content (AvgIpc) is 2.98. The summed E-state index contributed by atoms with van der Waals surface area (Å²) in [6.07, 6.45) is 0. The number of benzene rings is 5. The fraction of sp³-hybridized carbons (Fsp3) is 0. The minimum Gasteiger partial charge on any atom is -0.208 e. The molecule has 0 aliphatic heterocycles.